The third-order valence-electron chi connectivity index (χ3n) is 5.46. The monoisotopic (exact) mass is 345 g/mol. The Morgan fingerprint density at radius 2 is 1.65 bits per heavy atom. The van der Waals surface area contributed by atoms with E-state index in [1.165, 1.54) is 5.56 Å². The van der Waals surface area contributed by atoms with Crippen molar-refractivity contribution >= 4 is 16.9 Å². The van der Waals surface area contributed by atoms with Crippen LogP contribution in [-0.4, -0.2) is 21.4 Å². The molecule has 0 radical (unpaired) electrons. The number of benzene rings is 2. The Labute approximate surface area is 153 Å². The molecule has 4 nitrogen and oxygen atoms in total. The van der Waals surface area contributed by atoms with E-state index in [2.05, 4.69) is 52.5 Å². The maximum absolute atomic E-state index is 12.7. The molecule has 1 amide bonds. The molecule has 2 aromatic carbocycles. The minimum Gasteiger partial charge on any atom is -0.345 e. The van der Waals surface area contributed by atoms with Crippen molar-refractivity contribution in [3.8, 4) is 0 Å². The summed E-state index contributed by atoms with van der Waals surface area (Å²) in [5, 5.41) is 3.21. The van der Waals surface area contributed by atoms with Gasteiger partial charge in [-0.05, 0) is 56.2 Å². The maximum Gasteiger partial charge on any atom is 0.271 e. The Hall–Kier alpha value is -2.75. The second-order valence-corrected chi connectivity index (χ2v) is 7.44. The number of amides is 1. The topological polar surface area (TPSA) is 54.9 Å². The van der Waals surface area contributed by atoms with Gasteiger partial charge in [-0.1, -0.05) is 42.5 Å². The van der Waals surface area contributed by atoms with Crippen LogP contribution in [0, 0.1) is 0 Å². The molecule has 1 aliphatic carbocycles. The first kappa shape index (κ1) is 16.7. The summed E-state index contributed by atoms with van der Waals surface area (Å²) in [5.41, 5.74) is 3.16. The summed E-state index contributed by atoms with van der Waals surface area (Å²) >= 11 is 0. The van der Waals surface area contributed by atoms with E-state index >= 15 is 0 Å². The molecule has 4 heteroatoms. The van der Waals surface area contributed by atoms with E-state index in [0.29, 0.717) is 11.6 Å². The molecular formula is C22H23N3O. The normalized spacial score (nSPS) is 22.9. The summed E-state index contributed by atoms with van der Waals surface area (Å²) in [4.78, 5) is 21.5. The van der Waals surface area contributed by atoms with Crippen molar-refractivity contribution in [3.63, 3.8) is 0 Å². The molecular weight excluding hydrogens is 322 g/mol. The quantitative estimate of drug-likeness (QED) is 0.761. The molecule has 1 heterocycles. The molecule has 0 bridgehead atoms. The SMILES string of the molecule is CC1(NC(=O)c2cnc3ccccc3n2)CCC(c2ccccc2)CC1. The van der Waals surface area contributed by atoms with Gasteiger partial charge in [0.25, 0.3) is 5.91 Å². The lowest BCUT2D eigenvalue weighted by Gasteiger charge is -2.38. The highest BCUT2D eigenvalue weighted by Crippen LogP contribution is 2.37. The number of hydrogen-bond donors (Lipinski definition) is 1. The number of para-hydroxylation sites is 2. The van der Waals surface area contributed by atoms with Crippen molar-refractivity contribution in [1.29, 1.82) is 0 Å². The van der Waals surface area contributed by atoms with Crippen molar-refractivity contribution in [2.75, 3.05) is 0 Å². The van der Waals surface area contributed by atoms with E-state index in [1.807, 2.05) is 24.3 Å². The molecule has 0 spiro atoms. The van der Waals surface area contributed by atoms with Gasteiger partial charge in [-0.2, -0.15) is 0 Å². The van der Waals surface area contributed by atoms with Gasteiger partial charge in [0.05, 0.1) is 17.2 Å². The minimum atomic E-state index is -0.185. The molecule has 4 rings (SSSR count). The zero-order valence-electron chi connectivity index (χ0n) is 15.0. The van der Waals surface area contributed by atoms with Gasteiger partial charge in [0, 0.05) is 5.54 Å². The number of aromatic nitrogens is 2. The second-order valence-electron chi connectivity index (χ2n) is 7.44. The lowest BCUT2D eigenvalue weighted by Crippen LogP contribution is -2.48. The lowest BCUT2D eigenvalue weighted by molar-refractivity contribution is 0.0872. The van der Waals surface area contributed by atoms with E-state index in [4.69, 9.17) is 0 Å². The van der Waals surface area contributed by atoms with Crippen LogP contribution in [0.1, 0.15) is 54.6 Å². The Bertz CT molecular complexity index is 915. The number of carbonyl (C=O) groups excluding carboxylic acids is 1. The van der Waals surface area contributed by atoms with Gasteiger partial charge in [-0.25, -0.2) is 4.98 Å². The van der Waals surface area contributed by atoms with Crippen molar-refractivity contribution in [3.05, 3.63) is 72.1 Å². The zero-order chi connectivity index (χ0) is 18.0. The van der Waals surface area contributed by atoms with Crippen LogP contribution in [0.2, 0.25) is 0 Å². The van der Waals surface area contributed by atoms with Crippen molar-refractivity contribution < 1.29 is 4.79 Å². The highest BCUT2D eigenvalue weighted by atomic mass is 16.2. The molecule has 0 atom stereocenters. The van der Waals surface area contributed by atoms with Gasteiger partial charge in [-0.3, -0.25) is 9.78 Å². The van der Waals surface area contributed by atoms with Crippen molar-refractivity contribution in [2.45, 2.75) is 44.1 Å². The molecule has 1 aromatic heterocycles. The van der Waals surface area contributed by atoms with E-state index < -0.39 is 0 Å². The largest absolute Gasteiger partial charge is 0.345 e. The summed E-state index contributed by atoms with van der Waals surface area (Å²) in [6.45, 7) is 2.14. The van der Waals surface area contributed by atoms with E-state index in [9.17, 15) is 4.79 Å². The van der Waals surface area contributed by atoms with Crippen LogP contribution in [-0.2, 0) is 0 Å². The van der Waals surface area contributed by atoms with Gasteiger partial charge < -0.3 is 5.32 Å². The predicted octanol–water partition coefficient (Wildman–Crippen LogP) is 4.48. The number of hydrogen-bond acceptors (Lipinski definition) is 3. The fourth-order valence-corrected chi connectivity index (χ4v) is 3.84. The number of fused-ring (bicyclic) bond motifs is 1. The highest BCUT2D eigenvalue weighted by molar-refractivity contribution is 5.94. The average molecular weight is 345 g/mol. The van der Waals surface area contributed by atoms with E-state index in [-0.39, 0.29) is 11.4 Å². The van der Waals surface area contributed by atoms with Crippen LogP contribution in [0.15, 0.2) is 60.8 Å². The molecule has 132 valence electrons. The van der Waals surface area contributed by atoms with E-state index in [1.54, 1.807) is 6.20 Å². The molecule has 26 heavy (non-hydrogen) atoms. The summed E-state index contributed by atoms with van der Waals surface area (Å²) < 4.78 is 0. The molecule has 1 fully saturated rings. The summed E-state index contributed by atoms with van der Waals surface area (Å²) in [5.74, 6) is 0.450. The van der Waals surface area contributed by atoms with E-state index in [0.717, 1.165) is 36.7 Å². The summed E-state index contributed by atoms with van der Waals surface area (Å²) in [6, 6.07) is 18.3. The van der Waals surface area contributed by atoms with Gasteiger partial charge >= 0.3 is 0 Å². The molecule has 0 aliphatic heterocycles. The summed E-state index contributed by atoms with van der Waals surface area (Å²) in [7, 11) is 0. The Morgan fingerprint density at radius 3 is 2.38 bits per heavy atom. The first-order valence-corrected chi connectivity index (χ1v) is 9.22. The molecule has 1 aliphatic rings. The summed E-state index contributed by atoms with van der Waals surface area (Å²) in [6.07, 6.45) is 5.68. The van der Waals surface area contributed by atoms with Crippen LogP contribution in [0.25, 0.3) is 11.0 Å². The van der Waals surface area contributed by atoms with Gasteiger partial charge in [0.2, 0.25) is 0 Å². The number of carbonyl (C=O) groups is 1. The van der Waals surface area contributed by atoms with Crippen LogP contribution in [0.5, 0.6) is 0 Å². The van der Waals surface area contributed by atoms with Crippen molar-refractivity contribution in [2.24, 2.45) is 0 Å². The molecule has 3 aromatic rings. The lowest BCUT2D eigenvalue weighted by atomic mass is 9.75. The van der Waals surface area contributed by atoms with Gasteiger partial charge in [-0.15, -0.1) is 0 Å². The van der Waals surface area contributed by atoms with Crippen LogP contribution in [0.3, 0.4) is 0 Å². The molecule has 0 saturated heterocycles. The average Bonchev–Trinajstić information content (AvgIpc) is 2.68. The fraction of sp³-hybridized carbons (Fsp3) is 0.318. The molecule has 0 unspecified atom stereocenters. The van der Waals surface area contributed by atoms with Crippen molar-refractivity contribution in [1.82, 2.24) is 15.3 Å². The Morgan fingerprint density at radius 1 is 1.00 bits per heavy atom. The Balaban J connectivity index is 1.44. The van der Waals surface area contributed by atoms with Crippen LogP contribution in [0.4, 0.5) is 0 Å². The second kappa shape index (κ2) is 6.87. The predicted molar refractivity (Wildman–Crippen MR) is 103 cm³/mol. The first-order valence-electron chi connectivity index (χ1n) is 9.22. The molecule has 1 saturated carbocycles. The number of rotatable bonds is 3. The van der Waals surface area contributed by atoms with Gasteiger partial charge in [0.1, 0.15) is 5.69 Å². The highest BCUT2D eigenvalue weighted by Gasteiger charge is 2.33. The standard InChI is InChI=1S/C22H23N3O/c1-22(13-11-17(12-14-22)16-7-3-2-4-8-16)25-21(26)20-15-23-18-9-5-6-10-19(18)24-20/h2-10,15,17H,11-14H2,1H3,(H,25,26). The number of nitrogens with one attached hydrogen (secondary N) is 1. The minimum absolute atomic E-state index is 0.135. The molecule has 1 N–H and O–H groups in total. The smallest absolute Gasteiger partial charge is 0.271 e. The fourth-order valence-electron chi connectivity index (χ4n) is 3.84. The third-order valence-corrected chi connectivity index (χ3v) is 5.46. The van der Waals surface area contributed by atoms with Crippen LogP contribution >= 0.6 is 0 Å². The Kier molecular flexibility index (Phi) is 4.41. The van der Waals surface area contributed by atoms with Crippen LogP contribution < -0.4 is 5.32 Å². The van der Waals surface area contributed by atoms with Gasteiger partial charge in [0.15, 0.2) is 0 Å². The zero-order valence-corrected chi connectivity index (χ0v) is 15.0. The maximum atomic E-state index is 12.7. The first-order chi connectivity index (χ1) is 12.6. The number of nitrogens with zero attached hydrogens (tertiary/aromatic N) is 2. The third kappa shape index (κ3) is 3.45.